The van der Waals surface area contributed by atoms with Crippen LogP contribution in [0.2, 0.25) is 0 Å². The lowest BCUT2D eigenvalue weighted by atomic mass is 9.66. The van der Waals surface area contributed by atoms with Gasteiger partial charge in [0.1, 0.15) is 0 Å². The number of fused-ring (bicyclic) bond motifs is 10. The maximum Gasteiger partial charge on any atom is 0.160 e. The molecule has 2 heterocycles. The van der Waals surface area contributed by atoms with E-state index in [0.717, 1.165) is 33.5 Å². The molecule has 7 aromatic rings. The zero-order valence-electron chi connectivity index (χ0n) is 22.7. The normalized spacial score (nSPS) is 13.8. The van der Waals surface area contributed by atoms with Crippen molar-refractivity contribution >= 4 is 22.7 Å². The van der Waals surface area contributed by atoms with Crippen LogP contribution in [0.3, 0.4) is 0 Å². The maximum absolute atomic E-state index is 5.36. The van der Waals surface area contributed by atoms with Crippen LogP contribution in [0, 0.1) is 0 Å². The first kappa shape index (κ1) is 23.7. The molecule has 0 fully saturated rings. The first-order valence-electron chi connectivity index (χ1n) is 14.3. The van der Waals surface area contributed by atoms with Crippen LogP contribution >= 0.6 is 11.8 Å². The van der Waals surface area contributed by atoms with Crippen molar-refractivity contribution in [2.45, 2.75) is 15.2 Å². The van der Waals surface area contributed by atoms with Gasteiger partial charge in [-0.3, -0.25) is 0 Å². The van der Waals surface area contributed by atoms with Gasteiger partial charge in [0.25, 0.3) is 0 Å². The van der Waals surface area contributed by atoms with Crippen LogP contribution in [0.25, 0.3) is 44.7 Å². The van der Waals surface area contributed by atoms with Gasteiger partial charge in [0, 0.05) is 26.3 Å². The Morgan fingerprint density at radius 3 is 1.83 bits per heavy atom. The number of nitrogens with zero attached hydrogens (tertiary/aromatic N) is 2. The van der Waals surface area contributed by atoms with Gasteiger partial charge in [0.2, 0.25) is 0 Å². The highest BCUT2D eigenvalue weighted by Gasteiger charge is 2.51. The van der Waals surface area contributed by atoms with E-state index in [1.165, 1.54) is 43.2 Å². The van der Waals surface area contributed by atoms with E-state index >= 15 is 0 Å². The van der Waals surface area contributed by atoms with Gasteiger partial charge < -0.3 is 0 Å². The lowest BCUT2D eigenvalue weighted by Gasteiger charge is -2.40. The van der Waals surface area contributed by atoms with Gasteiger partial charge >= 0.3 is 0 Å². The highest BCUT2D eigenvalue weighted by atomic mass is 32.2. The first-order valence-corrected chi connectivity index (χ1v) is 15.1. The van der Waals surface area contributed by atoms with Crippen molar-refractivity contribution in [1.82, 2.24) is 9.97 Å². The Balaban J connectivity index is 1.43. The number of rotatable bonds is 2. The van der Waals surface area contributed by atoms with E-state index < -0.39 is 5.41 Å². The van der Waals surface area contributed by atoms with E-state index in [2.05, 4.69) is 146 Å². The molecule has 196 valence electrons. The lowest BCUT2D eigenvalue weighted by Crippen LogP contribution is -2.32. The third-order valence-electron chi connectivity index (χ3n) is 8.75. The fraction of sp³-hybridized carbons (Fsp3) is 0.0256. The average molecular weight is 553 g/mol. The van der Waals surface area contributed by atoms with Crippen LogP contribution in [0.5, 0.6) is 0 Å². The van der Waals surface area contributed by atoms with E-state index in [9.17, 15) is 0 Å². The van der Waals surface area contributed by atoms with Crippen molar-refractivity contribution in [2.24, 2.45) is 0 Å². The molecule has 0 N–H and O–H groups in total. The molecule has 0 bridgehead atoms. The van der Waals surface area contributed by atoms with E-state index in [0.29, 0.717) is 0 Å². The number of hydrogen-bond donors (Lipinski definition) is 0. The van der Waals surface area contributed by atoms with Crippen molar-refractivity contribution in [3.63, 3.8) is 0 Å². The topological polar surface area (TPSA) is 25.8 Å². The van der Waals surface area contributed by atoms with Gasteiger partial charge in [-0.1, -0.05) is 139 Å². The van der Waals surface area contributed by atoms with Gasteiger partial charge in [-0.15, -0.1) is 0 Å². The smallest absolute Gasteiger partial charge is 0.160 e. The molecule has 0 atom stereocenters. The Labute approximate surface area is 248 Å². The molecular formula is C39H24N2S. The van der Waals surface area contributed by atoms with Gasteiger partial charge in [0.05, 0.1) is 16.6 Å². The van der Waals surface area contributed by atoms with Gasteiger partial charge in [-0.2, -0.15) is 0 Å². The molecule has 0 saturated carbocycles. The summed E-state index contributed by atoms with van der Waals surface area (Å²) < 4.78 is 0. The summed E-state index contributed by atoms with van der Waals surface area (Å²) in [4.78, 5) is 13.2. The van der Waals surface area contributed by atoms with Crippen molar-refractivity contribution in [2.75, 3.05) is 0 Å². The zero-order valence-corrected chi connectivity index (χ0v) is 23.5. The highest BCUT2D eigenvalue weighted by Crippen LogP contribution is 2.63. The Hall–Kier alpha value is -4.99. The van der Waals surface area contributed by atoms with E-state index in [4.69, 9.17) is 9.97 Å². The highest BCUT2D eigenvalue weighted by molar-refractivity contribution is 7.99. The van der Waals surface area contributed by atoms with E-state index in [1.807, 2.05) is 11.8 Å². The fourth-order valence-electron chi connectivity index (χ4n) is 7.11. The van der Waals surface area contributed by atoms with Crippen molar-refractivity contribution in [1.29, 1.82) is 0 Å². The Bertz CT molecular complexity index is 2140. The summed E-state index contributed by atoms with van der Waals surface area (Å²) >= 11 is 1.86. The van der Waals surface area contributed by atoms with Crippen LogP contribution in [0.4, 0.5) is 0 Å². The fourth-order valence-corrected chi connectivity index (χ4v) is 8.31. The van der Waals surface area contributed by atoms with Crippen molar-refractivity contribution in [3.05, 3.63) is 168 Å². The zero-order chi connectivity index (χ0) is 27.7. The second-order valence-corrected chi connectivity index (χ2v) is 12.0. The molecule has 0 amide bonds. The van der Waals surface area contributed by atoms with Crippen molar-refractivity contribution in [3.8, 4) is 33.8 Å². The molecule has 9 rings (SSSR count). The Morgan fingerprint density at radius 1 is 0.452 bits per heavy atom. The molecule has 0 unspecified atom stereocenters. The predicted octanol–water partition coefficient (Wildman–Crippen LogP) is 9.79. The van der Waals surface area contributed by atoms with E-state index in [-0.39, 0.29) is 0 Å². The molecule has 1 aliphatic heterocycles. The van der Waals surface area contributed by atoms with Crippen LogP contribution in [0.15, 0.2) is 155 Å². The van der Waals surface area contributed by atoms with Crippen LogP contribution in [0.1, 0.15) is 22.3 Å². The quantitative estimate of drug-likeness (QED) is 0.213. The second-order valence-electron chi connectivity index (χ2n) is 10.9. The minimum absolute atomic E-state index is 0.483. The number of hydrogen-bond acceptors (Lipinski definition) is 3. The standard InChI is InChI=1S/C39H24N2S/c1-2-13-25(14-3-1)37-28-16-5-9-22-33(28)40-38(41-37)29-18-12-17-27-26-15-4-6-19-30(26)39(36(27)29)31-20-7-10-23-34(31)42-35-24-11-8-21-32(35)39/h1-24H. The lowest BCUT2D eigenvalue weighted by molar-refractivity contribution is 0.723. The molecule has 1 aromatic heterocycles. The largest absolute Gasteiger partial charge is 0.228 e. The van der Waals surface area contributed by atoms with Crippen LogP contribution in [-0.4, -0.2) is 9.97 Å². The summed E-state index contributed by atoms with van der Waals surface area (Å²) in [6.07, 6.45) is 0. The number of benzene rings is 6. The average Bonchev–Trinajstić information content (AvgIpc) is 3.36. The summed E-state index contributed by atoms with van der Waals surface area (Å²) in [5, 5.41) is 1.06. The SMILES string of the molecule is c1ccc(-c2nc(-c3cccc4c3C3(c5ccccc5Sc5ccccc53)c3ccccc3-4)nc3ccccc23)cc1. The number of aromatic nitrogens is 2. The molecule has 42 heavy (non-hydrogen) atoms. The third-order valence-corrected chi connectivity index (χ3v) is 9.91. The Kier molecular flexibility index (Phi) is 5.08. The summed E-state index contributed by atoms with van der Waals surface area (Å²) in [5.41, 5.74) is 11.3. The molecule has 1 aliphatic carbocycles. The first-order chi connectivity index (χ1) is 20.8. The summed E-state index contributed by atoms with van der Waals surface area (Å²) in [5.74, 6) is 0.754. The maximum atomic E-state index is 5.36. The third kappa shape index (κ3) is 3.17. The second kappa shape index (κ2) is 9.01. The van der Waals surface area contributed by atoms with Gasteiger partial charge in [0.15, 0.2) is 5.82 Å². The molecule has 3 heteroatoms. The molecule has 2 aliphatic rings. The Morgan fingerprint density at radius 2 is 1.05 bits per heavy atom. The molecule has 6 aromatic carbocycles. The van der Waals surface area contributed by atoms with Crippen LogP contribution in [-0.2, 0) is 5.41 Å². The predicted molar refractivity (Wildman–Crippen MR) is 172 cm³/mol. The summed E-state index contributed by atoms with van der Waals surface area (Å²) in [6, 6.07) is 52.2. The monoisotopic (exact) mass is 552 g/mol. The van der Waals surface area contributed by atoms with Gasteiger partial charge in [-0.25, -0.2) is 9.97 Å². The molecule has 2 nitrogen and oxygen atoms in total. The molecular weight excluding hydrogens is 529 g/mol. The van der Waals surface area contributed by atoms with E-state index in [1.54, 1.807) is 0 Å². The van der Waals surface area contributed by atoms with Crippen molar-refractivity contribution < 1.29 is 0 Å². The molecule has 0 saturated heterocycles. The summed E-state index contributed by atoms with van der Waals surface area (Å²) in [7, 11) is 0. The molecule has 0 radical (unpaired) electrons. The van der Waals surface area contributed by atoms with Gasteiger partial charge in [-0.05, 0) is 51.6 Å². The minimum atomic E-state index is -0.483. The summed E-state index contributed by atoms with van der Waals surface area (Å²) in [6.45, 7) is 0. The molecule has 1 spiro atoms. The minimum Gasteiger partial charge on any atom is -0.228 e. The number of para-hydroxylation sites is 1. The van der Waals surface area contributed by atoms with Crippen LogP contribution < -0.4 is 0 Å².